The molecule has 14 heteroatoms. The van der Waals surface area contributed by atoms with Gasteiger partial charge in [0.05, 0.1) is 13.2 Å². The van der Waals surface area contributed by atoms with Crippen molar-refractivity contribution < 1.29 is 47.6 Å². The Bertz CT molecular complexity index is 1170. The SMILES string of the molecule is O=C(NC[C@H](NC(=O)c1cc(F)c2c(c1)B(O)OC2)C(=O)O)c1cc(F)c2c(c1)B(O)OC2. The first-order chi connectivity index (χ1) is 15.7. The molecule has 0 aliphatic carbocycles. The zero-order valence-electron chi connectivity index (χ0n) is 16.8. The van der Waals surface area contributed by atoms with Gasteiger partial charge in [0.2, 0.25) is 0 Å². The molecule has 0 aromatic heterocycles. The molecule has 1 atom stereocenters. The van der Waals surface area contributed by atoms with Crippen molar-refractivity contribution in [2.24, 2.45) is 0 Å². The summed E-state index contributed by atoms with van der Waals surface area (Å²) in [5.74, 6) is -4.85. The van der Waals surface area contributed by atoms with E-state index in [1.54, 1.807) is 0 Å². The lowest BCUT2D eigenvalue weighted by Crippen LogP contribution is -2.48. The van der Waals surface area contributed by atoms with Crippen LogP contribution in [-0.4, -0.2) is 59.8 Å². The number of aliphatic carboxylic acids is 1. The molecule has 0 saturated heterocycles. The van der Waals surface area contributed by atoms with E-state index in [1.165, 1.54) is 12.1 Å². The zero-order chi connectivity index (χ0) is 23.9. The highest BCUT2D eigenvalue weighted by atomic mass is 19.1. The van der Waals surface area contributed by atoms with Crippen LogP contribution in [0.5, 0.6) is 0 Å². The number of hydrogen-bond donors (Lipinski definition) is 5. The van der Waals surface area contributed by atoms with E-state index in [-0.39, 0.29) is 46.4 Å². The smallest absolute Gasteiger partial charge is 0.480 e. The Hall–Kier alpha value is -3.32. The fraction of sp³-hybridized carbons (Fsp3) is 0.211. The average molecular weight is 460 g/mol. The third-order valence-electron chi connectivity index (χ3n) is 5.36. The summed E-state index contributed by atoms with van der Waals surface area (Å²) in [7, 11) is -2.79. The highest BCUT2D eigenvalue weighted by Crippen LogP contribution is 2.17. The number of halogens is 2. The van der Waals surface area contributed by atoms with Gasteiger partial charge in [-0.1, -0.05) is 0 Å². The third-order valence-corrected chi connectivity index (χ3v) is 5.36. The van der Waals surface area contributed by atoms with Crippen molar-refractivity contribution in [1.29, 1.82) is 0 Å². The van der Waals surface area contributed by atoms with Gasteiger partial charge in [-0.2, -0.15) is 0 Å². The van der Waals surface area contributed by atoms with Gasteiger partial charge in [0.25, 0.3) is 11.8 Å². The summed E-state index contributed by atoms with van der Waals surface area (Å²) in [5, 5.41) is 33.3. The first kappa shape index (κ1) is 22.9. The molecule has 2 aromatic carbocycles. The summed E-state index contributed by atoms with van der Waals surface area (Å²) in [6, 6.07) is 2.61. The van der Waals surface area contributed by atoms with Crippen molar-refractivity contribution in [1.82, 2.24) is 10.6 Å². The number of carbonyl (C=O) groups excluding carboxylic acids is 2. The quantitative estimate of drug-likeness (QED) is 0.311. The lowest BCUT2D eigenvalue weighted by atomic mass is 9.78. The van der Waals surface area contributed by atoms with Crippen molar-refractivity contribution in [3.8, 4) is 0 Å². The molecule has 0 saturated carbocycles. The number of rotatable bonds is 6. The first-order valence-corrected chi connectivity index (χ1v) is 9.71. The van der Waals surface area contributed by atoms with Gasteiger partial charge < -0.3 is 35.1 Å². The lowest BCUT2D eigenvalue weighted by molar-refractivity contribution is -0.139. The molecule has 0 radical (unpaired) electrons. The zero-order valence-corrected chi connectivity index (χ0v) is 16.8. The molecule has 33 heavy (non-hydrogen) atoms. The fourth-order valence-electron chi connectivity index (χ4n) is 3.57. The number of nitrogens with one attached hydrogen (secondary N) is 2. The maximum atomic E-state index is 14.2. The van der Waals surface area contributed by atoms with Crippen LogP contribution in [0.15, 0.2) is 24.3 Å². The first-order valence-electron chi connectivity index (χ1n) is 9.71. The van der Waals surface area contributed by atoms with Gasteiger partial charge in [-0.25, -0.2) is 13.6 Å². The normalized spacial score (nSPS) is 15.2. The standard InChI is InChI=1S/C19H16B2F2N2O8/c22-14-3-8(1-12-10(14)6-32-20(12)30)17(26)24-5-16(19(28)29)25-18(27)9-2-13-11(15(23)4-9)7-33-21(13)31/h1-4,16,30-31H,5-7H2,(H,24,26)(H,25,27)(H,28,29)/t16-/m0/s1. The van der Waals surface area contributed by atoms with Crippen LogP contribution >= 0.6 is 0 Å². The second-order valence-corrected chi connectivity index (χ2v) is 7.45. The van der Waals surface area contributed by atoms with E-state index in [0.717, 1.165) is 12.1 Å². The van der Waals surface area contributed by atoms with Crippen molar-refractivity contribution >= 4 is 42.9 Å². The molecule has 2 aromatic rings. The van der Waals surface area contributed by atoms with Crippen LogP contribution in [0, 0.1) is 11.6 Å². The second kappa shape index (κ2) is 8.90. The van der Waals surface area contributed by atoms with Crippen LogP contribution in [0.4, 0.5) is 8.78 Å². The van der Waals surface area contributed by atoms with Gasteiger partial charge in [0.1, 0.15) is 17.7 Å². The average Bonchev–Trinajstić information content (AvgIpc) is 3.34. The number of hydrogen-bond acceptors (Lipinski definition) is 7. The van der Waals surface area contributed by atoms with Crippen LogP contribution in [0.2, 0.25) is 0 Å². The Balaban J connectivity index is 1.44. The molecule has 2 aliphatic rings. The molecule has 5 N–H and O–H groups in total. The largest absolute Gasteiger partial charge is 0.491 e. The predicted octanol–water partition coefficient (Wildman–Crippen LogP) is -1.99. The Morgan fingerprint density at radius 1 is 0.909 bits per heavy atom. The molecular weight excluding hydrogens is 444 g/mol. The number of fused-ring (bicyclic) bond motifs is 2. The number of carbonyl (C=O) groups is 3. The number of carboxylic acids is 1. The molecule has 170 valence electrons. The predicted molar refractivity (Wildman–Crippen MR) is 109 cm³/mol. The summed E-state index contributed by atoms with van der Waals surface area (Å²) >= 11 is 0. The molecular formula is C19H16B2F2N2O8. The Morgan fingerprint density at radius 2 is 1.39 bits per heavy atom. The van der Waals surface area contributed by atoms with E-state index in [9.17, 15) is 38.3 Å². The molecule has 2 heterocycles. The molecule has 0 spiro atoms. The summed E-state index contributed by atoms with van der Waals surface area (Å²) in [6.07, 6.45) is 0. The maximum absolute atomic E-state index is 14.2. The summed E-state index contributed by atoms with van der Waals surface area (Å²) in [5.41, 5.74) is -0.0628. The van der Waals surface area contributed by atoms with E-state index >= 15 is 0 Å². The van der Waals surface area contributed by atoms with Gasteiger partial charge in [-0.05, 0) is 35.2 Å². The monoisotopic (exact) mass is 460 g/mol. The minimum atomic E-state index is -1.60. The summed E-state index contributed by atoms with van der Waals surface area (Å²) in [4.78, 5) is 36.4. The van der Waals surface area contributed by atoms with Crippen LogP contribution < -0.4 is 21.6 Å². The van der Waals surface area contributed by atoms with E-state index in [2.05, 4.69) is 10.6 Å². The van der Waals surface area contributed by atoms with Crippen molar-refractivity contribution in [3.05, 3.63) is 58.2 Å². The minimum absolute atomic E-state index is 0.0603. The molecule has 4 rings (SSSR count). The molecule has 10 nitrogen and oxygen atoms in total. The van der Waals surface area contributed by atoms with Gasteiger partial charge in [-0.3, -0.25) is 9.59 Å². The van der Waals surface area contributed by atoms with Crippen molar-refractivity contribution in [2.45, 2.75) is 19.3 Å². The second-order valence-electron chi connectivity index (χ2n) is 7.45. The Labute approximate surface area is 185 Å². The van der Waals surface area contributed by atoms with E-state index in [4.69, 9.17) is 9.31 Å². The fourth-order valence-corrected chi connectivity index (χ4v) is 3.57. The molecule has 2 aliphatic heterocycles. The molecule has 0 bridgehead atoms. The van der Waals surface area contributed by atoms with Gasteiger partial charge in [0, 0.05) is 28.8 Å². The minimum Gasteiger partial charge on any atom is -0.480 e. The van der Waals surface area contributed by atoms with Crippen LogP contribution in [0.3, 0.4) is 0 Å². The lowest BCUT2D eigenvalue weighted by Gasteiger charge is -2.16. The van der Waals surface area contributed by atoms with E-state index < -0.39 is 56.2 Å². The third kappa shape index (κ3) is 4.46. The molecule has 0 unspecified atom stereocenters. The van der Waals surface area contributed by atoms with E-state index in [0.29, 0.717) is 0 Å². The molecule has 0 fully saturated rings. The number of carboxylic acid groups (broad SMARTS) is 1. The van der Waals surface area contributed by atoms with Crippen LogP contribution in [0.1, 0.15) is 31.8 Å². The Morgan fingerprint density at radius 3 is 1.88 bits per heavy atom. The number of amides is 2. The highest BCUT2D eigenvalue weighted by Gasteiger charge is 2.33. The van der Waals surface area contributed by atoms with Gasteiger partial charge in [-0.15, -0.1) is 0 Å². The highest BCUT2D eigenvalue weighted by molar-refractivity contribution is 6.62. The molecule has 2 amide bonds. The van der Waals surface area contributed by atoms with Crippen molar-refractivity contribution in [2.75, 3.05) is 6.54 Å². The Kier molecular flexibility index (Phi) is 6.17. The van der Waals surface area contributed by atoms with Crippen LogP contribution in [0.25, 0.3) is 0 Å². The van der Waals surface area contributed by atoms with Gasteiger partial charge >= 0.3 is 20.2 Å². The summed E-state index contributed by atoms with van der Waals surface area (Å²) < 4.78 is 38.1. The maximum Gasteiger partial charge on any atom is 0.491 e. The van der Waals surface area contributed by atoms with E-state index in [1.807, 2.05) is 0 Å². The van der Waals surface area contributed by atoms with Crippen LogP contribution in [-0.2, 0) is 27.3 Å². The number of benzene rings is 2. The topological polar surface area (TPSA) is 154 Å². The van der Waals surface area contributed by atoms with Crippen molar-refractivity contribution in [3.63, 3.8) is 0 Å². The summed E-state index contributed by atoms with van der Waals surface area (Å²) in [6.45, 7) is -0.888. The van der Waals surface area contributed by atoms with Gasteiger partial charge in [0.15, 0.2) is 0 Å².